The van der Waals surface area contributed by atoms with Gasteiger partial charge in [0.15, 0.2) is 0 Å². The van der Waals surface area contributed by atoms with Crippen molar-refractivity contribution in [1.82, 2.24) is 20.1 Å². The van der Waals surface area contributed by atoms with E-state index in [1.54, 1.807) is 4.68 Å². The highest BCUT2D eigenvalue weighted by atomic mass is 35.5. The van der Waals surface area contributed by atoms with E-state index in [2.05, 4.69) is 35.3 Å². The van der Waals surface area contributed by atoms with Gasteiger partial charge in [0.1, 0.15) is 5.15 Å². The normalized spacial score (nSPS) is 12.5. The van der Waals surface area contributed by atoms with Crippen molar-refractivity contribution in [1.29, 1.82) is 0 Å². The summed E-state index contributed by atoms with van der Waals surface area (Å²) in [6, 6.07) is 4.42. The Labute approximate surface area is 137 Å². The van der Waals surface area contributed by atoms with Gasteiger partial charge in [0.2, 0.25) is 0 Å². The molecule has 2 aromatic heterocycles. The summed E-state index contributed by atoms with van der Waals surface area (Å²) >= 11 is 6.37. The van der Waals surface area contributed by atoms with Crippen LogP contribution in [0.4, 0.5) is 0 Å². The molecule has 1 atom stereocenters. The van der Waals surface area contributed by atoms with Crippen LogP contribution in [-0.2, 0) is 20.0 Å². The standard InChI is InChI=1S/C17H25ClN4/c1-4-6-9-16(13-8-7-10-19-11-13)20-12-14-15(5-2)21-22(3)17(14)18/h7-8,10-11,16,20H,4-6,9,12H2,1-3H3. The summed E-state index contributed by atoms with van der Waals surface area (Å²) in [5, 5.41) is 8.84. The highest BCUT2D eigenvalue weighted by molar-refractivity contribution is 6.30. The third kappa shape index (κ3) is 4.08. The predicted octanol–water partition coefficient (Wildman–Crippen LogP) is 4.05. The van der Waals surface area contributed by atoms with Crippen LogP contribution in [0.5, 0.6) is 0 Å². The average molecular weight is 321 g/mol. The van der Waals surface area contributed by atoms with Crippen molar-refractivity contribution in [3.05, 3.63) is 46.5 Å². The van der Waals surface area contributed by atoms with E-state index in [0.717, 1.165) is 35.8 Å². The Morgan fingerprint density at radius 1 is 1.36 bits per heavy atom. The van der Waals surface area contributed by atoms with Crippen molar-refractivity contribution in [3.63, 3.8) is 0 Å². The molecular weight excluding hydrogens is 296 g/mol. The van der Waals surface area contributed by atoms with Crippen LogP contribution in [0.3, 0.4) is 0 Å². The lowest BCUT2D eigenvalue weighted by Gasteiger charge is -2.19. The highest BCUT2D eigenvalue weighted by Crippen LogP contribution is 2.23. The van der Waals surface area contributed by atoms with Gasteiger partial charge in [-0.2, -0.15) is 5.10 Å². The van der Waals surface area contributed by atoms with Crippen molar-refractivity contribution in [3.8, 4) is 0 Å². The third-order valence-electron chi connectivity index (χ3n) is 3.95. The van der Waals surface area contributed by atoms with Crippen molar-refractivity contribution >= 4 is 11.6 Å². The molecule has 2 aromatic rings. The Hall–Kier alpha value is -1.39. The lowest BCUT2D eigenvalue weighted by Crippen LogP contribution is -2.21. The van der Waals surface area contributed by atoms with E-state index in [4.69, 9.17) is 11.6 Å². The molecule has 0 aliphatic heterocycles. The van der Waals surface area contributed by atoms with Crippen LogP contribution in [0.1, 0.15) is 56.0 Å². The minimum atomic E-state index is 0.301. The summed E-state index contributed by atoms with van der Waals surface area (Å²) in [4.78, 5) is 4.24. The van der Waals surface area contributed by atoms with E-state index >= 15 is 0 Å². The second-order valence-electron chi connectivity index (χ2n) is 5.56. The van der Waals surface area contributed by atoms with Crippen molar-refractivity contribution in [2.75, 3.05) is 0 Å². The number of halogens is 1. The molecule has 0 amide bonds. The highest BCUT2D eigenvalue weighted by Gasteiger charge is 2.16. The molecule has 0 aliphatic rings. The Morgan fingerprint density at radius 3 is 2.82 bits per heavy atom. The number of nitrogens with zero attached hydrogens (tertiary/aromatic N) is 3. The largest absolute Gasteiger partial charge is 0.306 e. The Balaban J connectivity index is 2.11. The van der Waals surface area contributed by atoms with E-state index in [1.165, 1.54) is 18.4 Å². The Kier molecular flexibility index (Phi) is 6.40. The summed E-state index contributed by atoms with van der Waals surface area (Å²) in [7, 11) is 1.89. The number of hydrogen-bond donors (Lipinski definition) is 1. The second-order valence-corrected chi connectivity index (χ2v) is 5.91. The summed E-state index contributed by atoms with van der Waals surface area (Å²) in [6.07, 6.45) is 8.12. The zero-order valence-electron chi connectivity index (χ0n) is 13.6. The van der Waals surface area contributed by atoms with Gasteiger partial charge in [0, 0.05) is 37.6 Å². The molecule has 2 rings (SSSR count). The van der Waals surface area contributed by atoms with Gasteiger partial charge in [-0.15, -0.1) is 0 Å². The first-order valence-electron chi connectivity index (χ1n) is 8.00. The topological polar surface area (TPSA) is 42.7 Å². The molecule has 0 spiro atoms. The number of rotatable bonds is 8. The van der Waals surface area contributed by atoms with Gasteiger partial charge in [-0.3, -0.25) is 9.67 Å². The van der Waals surface area contributed by atoms with Gasteiger partial charge in [0.05, 0.1) is 5.69 Å². The van der Waals surface area contributed by atoms with Crippen molar-refractivity contribution in [2.45, 2.75) is 52.1 Å². The van der Waals surface area contributed by atoms with Gasteiger partial charge in [-0.1, -0.05) is 44.4 Å². The molecule has 0 radical (unpaired) electrons. The summed E-state index contributed by atoms with van der Waals surface area (Å²) in [5.74, 6) is 0. The number of pyridine rings is 1. The zero-order valence-corrected chi connectivity index (χ0v) is 14.4. The third-order valence-corrected chi connectivity index (χ3v) is 4.42. The Morgan fingerprint density at radius 2 is 2.18 bits per heavy atom. The molecule has 22 heavy (non-hydrogen) atoms. The number of aryl methyl sites for hydroxylation is 2. The lowest BCUT2D eigenvalue weighted by atomic mass is 10.0. The fraction of sp³-hybridized carbons (Fsp3) is 0.529. The molecule has 4 nitrogen and oxygen atoms in total. The molecule has 0 aliphatic carbocycles. The number of unbranched alkanes of at least 4 members (excludes halogenated alkanes) is 1. The second kappa shape index (κ2) is 8.30. The average Bonchev–Trinajstić information content (AvgIpc) is 2.83. The maximum atomic E-state index is 6.37. The number of nitrogens with one attached hydrogen (secondary N) is 1. The lowest BCUT2D eigenvalue weighted by molar-refractivity contribution is 0.478. The summed E-state index contributed by atoms with van der Waals surface area (Å²) in [6.45, 7) is 5.06. The fourth-order valence-electron chi connectivity index (χ4n) is 2.66. The minimum Gasteiger partial charge on any atom is -0.306 e. The van der Waals surface area contributed by atoms with E-state index in [-0.39, 0.29) is 0 Å². The molecule has 0 fully saturated rings. The summed E-state index contributed by atoms with van der Waals surface area (Å²) < 4.78 is 1.75. The number of aromatic nitrogens is 3. The van der Waals surface area contributed by atoms with E-state index in [0.29, 0.717) is 6.04 Å². The van der Waals surface area contributed by atoms with Crippen LogP contribution in [0, 0.1) is 0 Å². The van der Waals surface area contributed by atoms with Crippen LogP contribution in [0.15, 0.2) is 24.5 Å². The van der Waals surface area contributed by atoms with E-state index in [1.807, 2.05) is 25.5 Å². The summed E-state index contributed by atoms with van der Waals surface area (Å²) in [5.41, 5.74) is 3.41. The molecule has 0 saturated carbocycles. The first-order chi connectivity index (χ1) is 10.7. The maximum absolute atomic E-state index is 6.37. The van der Waals surface area contributed by atoms with Gasteiger partial charge in [-0.25, -0.2) is 0 Å². The first-order valence-corrected chi connectivity index (χ1v) is 8.38. The van der Waals surface area contributed by atoms with Crippen LogP contribution < -0.4 is 5.32 Å². The molecule has 0 saturated heterocycles. The van der Waals surface area contributed by atoms with Crippen LogP contribution in [0.25, 0.3) is 0 Å². The van der Waals surface area contributed by atoms with E-state index in [9.17, 15) is 0 Å². The number of hydrogen-bond acceptors (Lipinski definition) is 3. The molecular formula is C17H25ClN4. The van der Waals surface area contributed by atoms with Gasteiger partial charge in [0.25, 0.3) is 0 Å². The van der Waals surface area contributed by atoms with Crippen LogP contribution in [0.2, 0.25) is 5.15 Å². The zero-order chi connectivity index (χ0) is 15.9. The molecule has 2 heterocycles. The van der Waals surface area contributed by atoms with Crippen LogP contribution in [-0.4, -0.2) is 14.8 Å². The first kappa shape index (κ1) is 17.0. The molecule has 1 N–H and O–H groups in total. The van der Waals surface area contributed by atoms with Gasteiger partial charge >= 0.3 is 0 Å². The molecule has 0 aromatic carbocycles. The Bertz CT molecular complexity index is 580. The molecule has 120 valence electrons. The van der Waals surface area contributed by atoms with Crippen LogP contribution >= 0.6 is 11.6 Å². The molecule has 1 unspecified atom stereocenters. The molecule has 0 bridgehead atoms. The van der Waals surface area contributed by atoms with Crippen molar-refractivity contribution < 1.29 is 0 Å². The SMILES string of the molecule is CCCCC(NCc1c(CC)nn(C)c1Cl)c1cccnc1. The van der Waals surface area contributed by atoms with Gasteiger partial charge in [-0.05, 0) is 24.5 Å². The minimum absolute atomic E-state index is 0.301. The van der Waals surface area contributed by atoms with Crippen molar-refractivity contribution in [2.24, 2.45) is 7.05 Å². The predicted molar refractivity (Wildman–Crippen MR) is 90.9 cm³/mol. The van der Waals surface area contributed by atoms with Gasteiger partial charge < -0.3 is 5.32 Å². The fourth-order valence-corrected chi connectivity index (χ4v) is 2.87. The maximum Gasteiger partial charge on any atom is 0.131 e. The monoisotopic (exact) mass is 320 g/mol. The smallest absolute Gasteiger partial charge is 0.131 e. The quantitative estimate of drug-likeness (QED) is 0.798. The molecule has 5 heteroatoms. The van der Waals surface area contributed by atoms with E-state index < -0.39 is 0 Å².